The Hall–Kier alpha value is -1.89. The van der Waals surface area contributed by atoms with Crippen LogP contribution in [0.1, 0.15) is 37.3 Å². The fourth-order valence-corrected chi connectivity index (χ4v) is 4.65. The quantitative estimate of drug-likeness (QED) is 0.700. The van der Waals surface area contributed by atoms with Crippen molar-refractivity contribution in [2.24, 2.45) is 0 Å². The molecule has 0 saturated carbocycles. The van der Waals surface area contributed by atoms with Crippen molar-refractivity contribution >= 4 is 39.5 Å². The molecule has 2 aliphatic heterocycles. The first-order valence-electron chi connectivity index (χ1n) is 9.04. The minimum Gasteiger partial charge on any atom is -0.315 e. The Balaban J connectivity index is 1.89. The smallest absolute Gasteiger partial charge is 0.315 e. The third-order valence-electron chi connectivity index (χ3n) is 5.01. The molecule has 0 aromatic heterocycles. The van der Waals surface area contributed by atoms with Crippen LogP contribution in [0, 0.1) is 13.8 Å². The van der Waals surface area contributed by atoms with E-state index in [2.05, 4.69) is 15.9 Å². The molecule has 1 aromatic rings. The number of nitrogens with zero attached hydrogens (tertiary/aromatic N) is 3. The number of hydrogen-bond donors (Lipinski definition) is 0. The van der Waals surface area contributed by atoms with Gasteiger partial charge in [0.25, 0.3) is 5.91 Å². The van der Waals surface area contributed by atoms with Gasteiger partial charge in [-0.25, -0.2) is 9.69 Å². The van der Waals surface area contributed by atoms with E-state index in [1.165, 1.54) is 9.80 Å². The lowest BCUT2D eigenvalue weighted by Crippen LogP contribution is -2.55. The first-order chi connectivity index (χ1) is 12.3. The molecule has 1 atom stereocenters. The van der Waals surface area contributed by atoms with Gasteiger partial charge in [0.2, 0.25) is 5.91 Å². The van der Waals surface area contributed by atoms with Crippen molar-refractivity contribution in [1.29, 1.82) is 0 Å². The fourth-order valence-electron chi connectivity index (χ4n) is 3.96. The highest BCUT2D eigenvalue weighted by molar-refractivity contribution is 9.10. The second kappa shape index (κ2) is 7.39. The molecule has 3 rings (SSSR count). The summed E-state index contributed by atoms with van der Waals surface area (Å²) in [6.45, 7) is 7.13. The molecule has 26 heavy (non-hydrogen) atoms. The van der Waals surface area contributed by atoms with Gasteiger partial charge in [-0.05, 0) is 56.4 Å². The molecule has 0 bridgehead atoms. The SMILES string of the molecule is CCCN1CC(=O)N(C2CCCN(c3c(C)cc(Br)cc3C)C2=O)C1=O. The van der Waals surface area contributed by atoms with Gasteiger partial charge >= 0.3 is 6.03 Å². The summed E-state index contributed by atoms with van der Waals surface area (Å²) in [5, 5.41) is 0. The number of amides is 4. The van der Waals surface area contributed by atoms with E-state index in [1.807, 2.05) is 32.9 Å². The van der Waals surface area contributed by atoms with E-state index in [0.717, 1.165) is 34.1 Å². The van der Waals surface area contributed by atoms with E-state index in [1.54, 1.807) is 4.90 Å². The highest BCUT2D eigenvalue weighted by Gasteiger charge is 2.45. The highest BCUT2D eigenvalue weighted by Crippen LogP contribution is 2.33. The zero-order valence-corrected chi connectivity index (χ0v) is 17.0. The van der Waals surface area contributed by atoms with Crippen LogP contribution in [-0.2, 0) is 9.59 Å². The molecule has 2 heterocycles. The normalized spacial score (nSPS) is 21.2. The standard InChI is InChI=1S/C19H24BrN3O3/c1-4-7-21-11-16(24)23(19(21)26)15-6-5-8-22(18(15)25)17-12(2)9-14(20)10-13(17)3/h9-10,15H,4-8,11H2,1-3H3. The number of anilines is 1. The van der Waals surface area contributed by atoms with Crippen molar-refractivity contribution < 1.29 is 14.4 Å². The minimum atomic E-state index is -0.701. The number of halogens is 1. The van der Waals surface area contributed by atoms with Crippen LogP contribution >= 0.6 is 15.9 Å². The number of hydrogen-bond acceptors (Lipinski definition) is 3. The molecule has 4 amide bonds. The Bertz CT molecular complexity index is 741. The van der Waals surface area contributed by atoms with E-state index in [-0.39, 0.29) is 24.4 Å². The second-order valence-corrected chi connectivity index (χ2v) is 7.92. The predicted octanol–water partition coefficient (Wildman–Crippen LogP) is 3.24. The van der Waals surface area contributed by atoms with E-state index < -0.39 is 6.04 Å². The topological polar surface area (TPSA) is 60.9 Å². The maximum atomic E-state index is 13.2. The fraction of sp³-hybridized carbons (Fsp3) is 0.526. The molecule has 140 valence electrons. The molecule has 0 spiro atoms. The Morgan fingerprint density at radius 3 is 2.42 bits per heavy atom. The monoisotopic (exact) mass is 421 g/mol. The molecule has 0 aliphatic carbocycles. The van der Waals surface area contributed by atoms with Crippen LogP contribution in [0.15, 0.2) is 16.6 Å². The van der Waals surface area contributed by atoms with E-state index in [4.69, 9.17) is 0 Å². The van der Waals surface area contributed by atoms with Crippen LogP contribution in [0.4, 0.5) is 10.5 Å². The van der Waals surface area contributed by atoms with E-state index in [9.17, 15) is 14.4 Å². The summed E-state index contributed by atoms with van der Waals surface area (Å²) in [5.74, 6) is -0.433. The van der Waals surface area contributed by atoms with Crippen LogP contribution in [0.3, 0.4) is 0 Å². The average Bonchev–Trinajstić information content (AvgIpc) is 2.83. The first-order valence-corrected chi connectivity index (χ1v) is 9.83. The lowest BCUT2D eigenvalue weighted by Gasteiger charge is -2.37. The Kier molecular flexibility index (Phi) is 5.37. The van der Waals surface area contributed by atoms with Crippen molar-refractivity contribution in [3.8, 4) is 0 Å². The molecule has 2 aliphatic rings. The lowest BCUT2D eigenvalue weighted by molar-refractivity contribution is -0.134. The lowest BCUT2D eigenvalue weighted by atomic mass is 9.99. The third kappa shape index (κ3) is 3.24. The van der Waals surface area contributed by atoms with Crippen molar-refractivity contribution in [3.05, 3.63) is 27.7 Å². The van der Waals surface area contributed by atoms with Crippen molar-refractivity contribution in [2.45, 2.75) is 46.1 Å². The summed E-state index contributed by atoms with van der Waals surface area (Å²) in [5.41, 5.74) is 2.88. The highest BCUT2D eigenvalue weighted by atomic mass is 79.9. The molecular weight excluding hydrogens is 398 g/mol. The molecule has 2 saturated heterocycles. The maximum absolute atomic E-state index is 13.2. The van der Waals surface area contributed by atoms with Crippen molar-refractivity contribution in [2.75, 3.05) is 24.5 Å². The Morgan fingerprint density at radius 2 is 1.81 bits per heavy atom. The van der Waals surface area contributed by atoms with Gasteiger partial charge in [-0.1, -0.05) is 22.9 Å². The van der Waals surface area contributed by atoms with Gasteiger partial charge in [0.1, 0.15) is 12.6 Å². The molecule has 0 N–H and O–H groups in total. The number of carbonyl (C=O) groups excluding carboxylic acids is 3. The number of rotatable bonds is 4. The minimum absolute atomic E-state index is 0.0762. The van der Waals surface area contributed by atoms with E-state index >= 15 is 0 Å². The largest absolute Gasteiger partial charge is 0.327 e. The number of imide groups is 1. The molecule has 1 unspecified atom stereocenters. The molecule has 0 radical (unpaired) electrons. The first kappa shape index (κ1) is 18.9. The van der Waals surface area contributed by atoms with Crippen LogP contribution in [0.25, 0.3) is 0 Å². The number of aryl methyl sites for hydroxylation is 2. The third-order valence-corrected chi connectivity index (χ3v) is 5.47. The van der Waals surface area contributed by atoms with Crippen LogP contribution < -0.4 is 4.90 Å². The summed E-state index contributed by atoms with van der Waals surface area (Å²) in [6.07, 6.45) is 2.08. The molecule has 1 aromatic carbocycles. The Labute approximate surface area is 162 Å². The molecular formula is C19H24BrN3O3. The zero-order valence-electron chi connectivity index (χ0n) is 15.4. The number of piperidine rings is 1. The molecule has 2 fully saturated rings. The second-order valence-electron chi connectivity index (χ2n) is 7.00. The zero-order chi connectivity index (χ0) is 19.0. The van der Waals surface area contributed by atoms with Gasteiger partial charge < -0.3 is 9.80 Å². The van der Waals surface area contributed by atoms with Crippen LogP contribution in [0.2, 0.25) is 0 Å². The number of benzene rings is 1. The molecule has 6 nitrogen and oxygen atoms in total. The average molecular weight is 422 g/mol. The van der Waals surface area contributed by atoms with Gasteiger partial charge in [-0.2, -0.15) is 0 Å². The number of carbonyl (C=O) groups is 3. The van der Waals surface area contributed by atoms with Gasteiger partial charge in [-0.15, -0.1) is 0 Å². The summed E-state index contributed by atoms with van der Waals surface area (Å²) < 4.78 is 0.970. The summed E-state index contributed by atoms with van der Waals surface area (Å²) in [7, 11) is 0. The van der Waals surface area contributed by atoms with Crippen LogP contribution in [0.5, 0.6) is 0 Å². The van der Waals surface area contributed by atoms with Crippen LogP contribution in [-0.4, -0.2) is 53.3 Å². The maximum Gasteiger partial charge on any atom is 0.327 e. The summed E-state index contributed by atoms with van der Waals surface area (Å²) in [4.78, 5) is 42.7. The predicted molar refractivity (Wildman–Crippen MR) is 103 cm³/mol. The van der Waals surface area contributed by atoms with Gasteiger partial charge in [0.05, 0.1) is 0 Å². The Morgan fingerprint density at radius 1 is 1.15 bits per heavy atom. The molecule has 7 heteroatoms. The van der Waals surface area contributed by atoms with Gasteiger partial charge in [0, 0.05) is 23.2 Å². The summed E-state index contributed by atoms with van der Waals surface area (Å²) >= 11 is 3.48. The van der Waals surface area contributed by atoms with Crippen molar-refractivity contribution in [1.82, 2.24) is 9.80 Å². The van der Waals surface area contributed by atoms with Gasteiger partial charge in [0.15, 0.2) is 0 Å². The summed E-state index contributed by atoms with van der Waals surface area (Å²) in [6, 6.07) is 2.93. The number of urea groups is 1. The van der Waals surface area contributed by atoms with E-state index in [0.29, 0.717) is 19.5 Å². The van der Waals surface area contributed by atoms with Gasteiger partial charge in [-0.3, -0.25) is 9.59 Å². The van der Waals surface area contributed by atoms with Crippen molar-refractivity contribution in [3.63, 3.8) is 0 Å².